The molecule has 2 aromatic rings. The lowest BCUT2D eigenvalue weighted by molar-refractivity contribution is 0.326. The number of nitrogens with zero attached hydrogens (tertiary/aromatic N) is 2. The van der Waals surface area contributed by atoms with Gasteiger partial charge in [-0.3, -0.25) is 4.68 Å². The van der Waals surface area contributed by atoms with Gasteiger partial charge in [-0.1, -0.05) is 18.2 Å². The molecule has 1 atom stereocenters. The van der Waals surface area contributed by atoms with E-state index in [9.17, 15) is 0 Å². The molecule has 4 nitrogen and oxygen atoms in total. The molecule has 1 aliphatic rings. The second kappa shape index (κ2) is 5.05. The Morgan fingerprint density at radius 1 is 1.42 bits per heavy atom. The van der Waals surface area contributed by atoms with Crippen LogP contribution in [0.3, 0.4) is 0 Å². The van der Waals surface area contributed by atoms with E-state index in [1.165, 1.54) is 16.8 Å². The average molecular weight is 257 g/mol. The number of aromatic nitrogens is 2. The lowest BCUT2D eigenvalue weighted by Crippen LogP contribution is -2.22. The highest BCUT2D eigenvalue weighted by Crippen LogP contribution is 2.32. The number of ether oxygens (including phenoxy) is 1. The van der Waals surface area contributed by atoms with Gasteiger partial charge in [0.15, 0.2) is 0 Å². The lowest BCUT2D eigenvalue weighted by Gasteiger charge is -2.10. The third-order valence-electron chi connectivity index (χ3n) is 3.84. The molecule has 0 amide bonds. The molecule has 0 bridgehead atoms. The van der Waals surface area contributed by atoms with Crippen molar-refractivity contribution in [2.75, 3.05) is 13.2 Å². The number of hydrogen-bond acceptors (Lipinski definition) is 3. The fraction of sp³-hybridized carbons (Fsp3) is 0.400. The Bertz CT molecular complexity index is 577. The molecule has 1 aromatic heterocycles. The van der Waals surface area contributed by atoms with Crippen molar-refractivity contribution in [3.05, 3.63) is 47.3 Å². The molecular weight excluding hydrogens is 238 g/mol. The number of hydrogen-bond donors (Lipinski definition) is 1. The smallest absolute Gasteiger partial charge is 0.122 e. The molecule has 2 heterocycles. The molecule has 1 aromatic carbocycles. The van der Waals surface area contributed by atoms with Crippen molar-refractivity contribution in [3.63, 3.8) is 0 Å². The predicted octanol–water partition coefficient (Wildman–Crippen LogP) is 1.99. The van der Waals surface area contributed by atoms with Crippen molar-refractivity contribution in [2.24, 2.45) is 7.05 Å². The first-order valence-corrected chi connectivity index (χ1v) is 6.65. The Hall–Kier alpha value is -1.81. The van der Waals surface area contributed by atoms with Gasteiger partial charge < -0.3 is 10.1 Å². The summed E-state index contributed by atoms with van der Waals surface area (Å²) in [6.07, 6.45) is 1.93. The summed E-state index contributed by atoms with van der Waals surface area (Å²) < 4.78 is 7.59. The van der Waals surface area contributed by atoms with Gasteiger partial charge in [-0.15, -0.1) is 0 Å². The molecule has 0 aliphatic carbocycles. The highest BCUT2D eigenvalue weighted by molar-refractivity contribution is 5.39. The van der Waals surface area contributed by atoms with Crippen molar-refractivity contribution >= 4 is 0 Å². The highest BCUT2D eigenvalue weighted by Gasteiger charge is 2.22. The Labute approximate surface area is 113 Å². The van der Waals surface area contributed by atoms with Crippen LogP contribution in [0, 0.1) is 6.92 Å². The predicted molar refractivity (Wildman–Crippen MR) is 74.3 cm³/mol. The van der Waals surface area contributed by atoms with Crippen LogP contribution in [0.1, 0.15) is 22.7 Å². The Morgan fingerprint density at radius 2 is 2.26 bits per heavy atom. The SMILES string of the molecule is Cc1c(CNCC2COc3ccccc32)cnn1C. The van der Waals surface area contributed by atoms with Gasteiger partial charge in [0.1, 0.15) is 5.75 Å². The van der Waals surface area contributed by atoms with Gasteiger partial charge in [0, 0.05) is 42.9 Å². The summed E-state index contributed by atoms with van der Waals surface area (Å²) >= 11 is 0. The van der Waals surface area contributed by atoms with Crippen LogP contribution >= 0.6 is 0 Å². The second-order valence-electron chi connectivity index (χ2n) is 5.06. The number of nitrogens with one attached hydrogen (secondary N) is 1. The van der Waals surface area contributed by atoms with E-state index in [1.54, 1.807) is 0 Å². The summed E-state index contributed by atoms with van der Waals surface area (Å²) in [6, 6.07) is 8.30. The molecule has 0 saturated heterocycles. The Kier molecular flexibility index (Phi) is 3.25. The topological polar surface area (TPSA) is 39.1 Å². The molecule has 19 heavy (non-hydrogen) atoms. The molecule has 4 heteroatoms. The zero-order valence-electron chi connectivity index (χ0n) is 11.4. The van der Waals surface area contributed by atoms with Gasteiger partial charge in [-0.25, -0.2) is 0 Å². The molecule has 0 radical (unpaired) electrons. The minimum atomic E-state index is 0.452. The molecular formula is C15H19N3O. The van der Waals surface area contributed by atoms with Gasteiger partial charge in [0.2, 0.25) is 0 Å². The van der Waals surface area contributed by atoms with Crippen LogP contribution in [0.2, 0.25) is 0 Å². The van der Waals surface area contributed by atoms with Crippen molar-refractivity contribution in [2.45, 2.75) is 19.4 Å². The van der Waals surface area contributed by atoms with Gasteiger partial charge in [-0.2, -0.15) is 5.10 Å². The fourth-order valence-electron chi connectivity index (χ4n) is 2.50. The normalized spacial score (nSPS) is 17.3. The molecule has 1 aliphatic heterocycles. The zero-order valence-corrected chi connectivity index (χ0v) is 11.4. The van der Waals surface area contributed by atoms with Gasteiger partial charge in [-0.05, 0) is 13.0 Å². The second-order valence-corrected chi connectivity index (χ2v) is 5.06. The zero-order chi connectivity index (χ0) is 13.2. The van der Waals surface area contributed by atoms with Crippen LogP contribution in [-0.4, -0.2) is 22.9 Å². The van der Waals surface area contributed by atoms with E-state index in [4.69, 9.17) is 4.74 Å². The number of para-hydroxylation sites is 1. The molecule has 0 fully saturated rings. The summed E-state index contributed by atoms with van der Waals surface area (Å²) in [5, 5.41) is 7.76. The Morgan fingerprint density at radius 3 is 3.05 bits per heavy atom. The molecule has 100 valence electrons. The summed E-state index contributed by atoms with van der Waals surface area (Å²) in [7, 11) is 1.97. The van der Waals surface area contributed by atoms with E-state index >= 15 is 0 Å². The van der Waals surface area contributed by atoms with Crippen molar-refractivity contribution in [3.8, 4) is 5.75 Å². The third kappa shape index (κ3) is 2.36. The van der Waals surface area contributed by atoms with E-state index in [0.29, 0.717) is 5.92 Å². The maximum absolute atomic E-state index is 5.69. The van der Waals surface area contributed by atoms with E-state index in [-0.39, 0.29) is 0 Å². The molecule has 1 unspecified atom stereocenters. The van der Waals surface area contributed by atoms with E-state index in [1.807, 2.05) is 30.1 Å². The first kappa shape index (κ1) is 12.2. The molecule has 0 spiro atoms. The highest BCUT2D eigenvalue weighted by atomic mass is 16.5. The minimum Gasteiger partial charge on any atom is -0.493 e. The van der Waals surface area contributed by atoms with Crippen LogP contribution in [0.15, 0.2) is 30.5 Å². The summed E-state index contributed by atoms with van der Waals surface area (Å²) in [6.45, 7) is 4.67. The van der Waals surface area contributed by atoms with Crippen LogP contribution in [-0.2, 0) is 13.6 Å². The van der Waals surface area contributed by atoms with Crippen LogP contribution < -0.4 is 10.1 Å². The van der Waals surface area contributed by atoms with Crippen LogP contribution in [0.5, 0.6) is 5.75 Å². The fourth-order valence-corrected chi connectivity index (χ4v) is 2.50. The Balaban J connectivity index is 1.58. The number of aryl methyl sites for hydroxylation is 1. The van der Waals surface area contributed by atoms with E-state index < -0.39 is 0 Å². The molecule has 0 saturated carbocycles. The number of fused-ring (bicyclic) bond motifs is 1. The van der Waals surface area contributed by atoms with Gasteiger partial charge in [0.05, 0.1) is 12.8 Å². The summed E-state index contributed by atoms with van der Waals surface area (Å²) in [5.74, 6) is 1.49. The lowest BCUT2D eigenvalue weighted by atomic mass is 10.0. The molecule has 3 rings (SSSR count). The standard InChI is InChI=1S/C15H19N3O/c1-11-12(9-17-18(11)2)7-16-8-13-10-19-15-6-4-3-5-14(13)15/h3-6,9,13,16H,7-8,10H2,1-2H3. The first-order valence-electron chi connectivity index (χ1n) is 6.65. The maximum Gasteiger partial charge on any atom is 0.122 e. The minimum absolute atomic E-state index is 0.452. The number of rotatable bonds is 4. The van der Waals surface area contributed by atoms with Crippen molar-refractivity contribution in [1.82, 2.24) is 15.1 Å². The largest absolute Gasteiger partial charge is 0.493 e. The first-order chi connectivity index (χ1) is 9.25. The van der Waals surface area contributed by atoms with Crippen molar-refractivity contribution < 1.29 is 4.74 Å². The van der Waals surface area contributed by atoms with Crippen LogP contribution in [0.4, 0.5) is 0 Å². The average Bonchev–Trinajstić information content (AvgIpc) is 2.97. The van der Waals surface area contributed by atoms with E-state index in [0.717, 1.165) is 25.4 Å². The van der Waals surface area contributed by atoms with Crippen molar-refractivity contribution in [1.29, 1.82) is 0 Å². The third-order valence-corrected chi connectivity index (χ3v) is 3.84. The van der Waals surface area contributed by atoms with E-state index in [2.05, 4.69) is 29.5 Å². The monoisotopic (exact) mass is 257 g/mol. The number of benzene rings is 1. The summed E-state index contributed by atoms with van der Waals surface area (Å²) in [4.78, 5) is 0. The quantitative estimate of drug-likeness (QED) is 0.910. The molecule has 1 N–H and O–H groups in total. The van der Waals surface area contributed by atoms with Crippen LogP contribution in [0.25, 0.3) is 0 Å². The maximum atomic E-state index is 5.69. The van der Waals surface area contributed by atoms with Gasteiger partial charge >= 0.3 is 0 Å². The van der Waals surface area contributed by atoms with Gasteiger partial charge in [0.25, 0.3) is 0 Å². The summed E-state index contributed by atoms with van der Waals surface area (Å²) in [5.41, 5.74) is 3.79.